The van der Waals surface area contributed by atoms with Gasteiger partial charge in [-0.05, 0) is 31.0 Å². The molecular weight excluding hydrogens is 400 g/mol. The Bertz CT molecular complexity index is 415. The Kier molecular flexibility index (Phi) is 16.7. The standard InChI is InChI=1S/C27H58O3Si/c1-9-11-12-13-14-15-16-17-18-19-20-21-25(30-31(7,8)27(4,5)6)23(3)26(29)24(10-2)22-28/h23-26,28-29H,9-22H2,1-8H3/t23-,24-,25+,26+/m0/s1. The maximum atomic E-state index is 10.9. The van der Waals surface area contributed by atoms with E-state index >= 15 is 0 Å². The lowest BCUT2D eigenvalue weighted by Crippen LogP contribution is -2.48. The minimum atomic E-state index is -1.91. The fraction of sp³-hybridized carbons (Fsp3) is 1.00. The fourth-order valence-corrected chi connectivity index (χ4v) is 5.56. The number of unbranched alkanes of at least 4 members (excludes halogenated alkanes) is 10. The van der Waals surface area contributed by atoms with Gasteiger partial charge in [-0.1, -0.05) is 112 Å². The molecule has 31 heavy (non-hydrogen) atoms. The number of aliphatic hydroxyl groups is 2. The number of hydrogen-bond acceptors (Lipinski definition) is 3. The molecule has 0 bridgehead atoms. The van der Waals surface area contributed by atoms with E-state index in [1.54, 1.807) is 0 Å². The summed E-state index contributed by atoms with van der Waals surface area (Å²) in [5, 5.41) is 20.7. The van der Waals surface area contributed by atoms with Gasteiger partial charge in [0.25, 0.3) is 0 Å². The van der Waals surface area contributed by atoms with Gasteiger partial charge in [-0.15, -0.1) is 0 Å². The summed E-state index contributed by atoms with van der Waals surface area (Å²) in [6.07, 6.45) is 16.2. The van der Waals surface area contributed by atoms with Crippen LogP contribution < -0.4 is 0 Å². The second-order valence-electron chi connectivity index (χ2n) is 11.4. The van der Waals surface area contributed by atoms with E-state index in [0.717, 1.165) is 12.8 Å². The van der Waals surface area contributed by atoms with Gasteiger partial charge in [0.2, 0.25) is 0 Å². The Morgan fingerprint density at radius 1 is 0.806 bits per heavy atom. The molecule has 0 aromatic rings. The highest BCUT2D eigenvalue weighted by molar-refractivity contribution is 6.74. The van der Waals surface area contributed by atoms with Crippen molar-refractivity contribution < 1.29 is 14.6 Å². The molecule has 3 nitrogen and oxygen atoms in total. The van der Waals surface area contributed by atoms with E-state index in [4.69, 9.17) is 4.43 Å². The largest absolute Gasteiger partial charge is 0.414 e. The summed E-state index contributed by atoms with van der Waals surface area (Å²) in [7, 11) is -1.91. The predicted molar refractivity (Wildman–Crippen MR) is 139 cm³/mol. The van der Waals surface area contributed by atoms with Crippen LogP contribution in [0.4, 0.5) is 0 Å². The van der Waals surface area contributed by atoms with Gasteiger partial charge < -0.3 is 14.6 Å². The first-order valence-electron chi connectivity index (χ1n) is 13.5. The molecular formula is C27H58O3Si. The van der Waals surface area contributed by atoms with Crippen molar-refractivity contribution in [3.63, 3.8) is 0 Å². The molecule has 2 N–H and O–H groups in total. The molecule has 0 amide bonds. The molecule has 0 spiro atoms. The summed E-state index contributed by atoms with van der Waals surface area (Å²) in [5.41, 5.74) is 0. The van der Waals surface area contributed by atoms with Gasteiger partial charge in [-0.25, -0.2) is 0 Å². The van der Waals surface area contributed by atoms with Gasteiger partial charge in [0.15, 0.2) is 8.32 Å². The molecule has 0 fully saturated rings. The first kappa shape index (κ1) is 31.1. The monoisotopic (exact) mass is 458 g/mol. The third-order valence-electron chi connectivity index (χ3n) is 7.71. The van der Waals surface area contributed by atoms with Crippen LogP contribution in [0.2, 0.25) is 18.1 Å². The normalized spacial score (nSPS) is 16.8. The van der Waals surface area contributed by atoms with Crippen molar-refractivity contribution in [2.45, 2.75) is 155 Å². The Labute approximate surface area is 196 Å². The molecule has 0 radical (unpaired) electrons. The Morgan fingerprint density at radius 3 is 1.65 bits per heavy atom. The summed E-state index contributed by atoms with van der Waals surface area (Å²) in [6, 6.07) is 0. The van der Waals surface area contributed by atoms with E-state index < -0.39 is 14.4 Å². The molecule has 0 unspecified atom stereocenters. The number of hydrogen-bond donors (Lipinski definition) is 2. The summed E-state index contributed by atoms with van der Waals surface area (Å²) >= 11 is 0. The molecule has 0 heterocycles. The molecule has 0 saturated heterocycles. The highest BCUT2D eigenvalue weighted by Crippen LogP contribution is 2.39. The summed E-state index contributed by atoms with van der Waals surface area (Å²) in [6.45, 7) is 18.0. The highest BCUT2D eigenvalue weighted by atomic mass is 28.4. The SMILES string of the molecule is CCCCCCCCCCCCC[C@@H](O[Si](C)(C)C(C)(C)C)[C@H](C)[C@@H](O)[C@@H](CC)CO. The van der Waals surface area contributed by atoms with Gasteiger partial charge in [0.05, 0.1) is 12.2 Å². The predicted octanol–water partition coefficient (Wildman–Crippen LogP) is 8.09. The lowest BCUT2D eigenvalue weighted by Gasteiger charge is -2.42. The van der Waals surface area contributed by atoms with Gasteiger partial charge in [-0.2, -0.15) is 0 Å². The van der Waals surface area contributed by atoms with E-state index in [9.17, 15) is 10.2 Å². The van der Waals surface area contributed by atoms with Crippen LogP contribution in [-0.4, -0.2) is 37.3 Å². The molecule has 0 aromatic carbocycles. The van der Waals surface area contributed by atoms with Crippen molar-refractivity contribution in [2.24, 2.45) is 11.8 Å². The minimum Gasteiger partial charge on any atom is -0.414 e. The van der Waals surface area contributed by atoms with Crippen LogP contribution in [0.15, 0.2) is 0 Å². The fourth-order valence-electron chi connectivity index (χ4n) is 4.12. The van der Waals surface area contributed by atoms with Crippen LogP contribution >= 0.6 is 0 Å². The highest BCUT2D eigenvalue weighted by Gasteiger charge is 2.41. The van der Waals surface area contributed by atoms with E-state index in [-0.39, 0.29) is 29.6 Å². The van der Waals surface area contributed by atoms with Crippen molar-refractivity contribution in [1.29, 1.82) is 0 Å². The number of rotatable bonds is 19. The van der Waals surface area contributed by atoms with Crippen LogP contribution in [-0.2, 0) is 4.43 Å². The van der Waals surface area contributed by atoms with Gasteiger partial charge in [0, 0.05) is 18.4 Å². The van der Waals surface area contributed by atoms with E-state index in [2.05, 4.69) is 47.7 Å². The maximum Gasteiger partial charge on any atom is 0.192 e. The summed E-state index contributed by atoms with van der Waals surface area (Å²) < 4.78 is 6.81. The molecule has 0 aliphatic carbocycles. The summed E-state index contributed by atoms with van der Waals surface area (Å²) in [5.74, 6) is -0.00723. The molecule has 188 valence electrons. The smallest absolute Gasteiger partial charge is 0.192 e. The number of aliphatic hydroxyl groups excluding tert-OH is 2. The van der Waals surface area contributed by atoms with Gasteiger partial charge >= 0.3 is 0 Å². The second kappa shape index (κ2) is 16.7. The van der Waals surface area contributed by atoms with Crippen molar-refractivity contribution in [2.75, 3.05) is 6.61 Å². The summed E-state index contributed by atoms with van der Waals surface area (Å²) in [4.78, 5) is 0. The lowest BCUT2D eigenvalue weighted by atomic mass is 9.85. The van der Waals surface area contributed by atoms with Crippen LogP contribution in [0, 0.1) is 11.8 Å². The average molecular weight is 459 g/mol. The van der Waals surface area contributed by atoms with E-state index in [1.165, 1.54) is 70.6 Å². The first-order valence-corrected chi connectivity index (χ1v) is 16.4. The average Bonchev–Trinajstić information content (AvgIpc) is 2.70. The quantitative estimate of drug-likeness (QED) is 0.152. The Balaban J connectivity index is 4.56. The van der Waals surface area contributed by atoms with Crippen LogP contribution in [0.5, 0.6) is 0 Å². The minimum absolute atomic E-state index is 0.0489. The molecule has 4 atom stereocenters. The second-order valence-corrected chi connectivity index (χ2v) is 16.2. The molecule has 0 saturated carbocycles. The Hall–Kier alpha value is 0.0969. The maximum absolute atomic E-state index is 10.9. The third-order valence-corrected chi connectivity index (χ3v) is 12.2. The first-order chi connectivity index (χ1) is 14.5. The van der Waals surface area contributed by atoms with Crippen molar-refractivity contribution in [3.8, 4) is 0 Å². The topological polar surface area (TPSA) is 49.7 Å². The van der Waals surface area contributed by atoms with Crippen LogP contribution in [0.1, 0.15) is 125 Å². The molecule has 4 heteroatoms. The van der Waals surface area contributed by atoms with Crippen LogP contribution in [0.25, 0.3) is 0 Å². The zero-order valence-corrected chi connectivity index (χ0v) is 23.5. The van der Waals surface area contributed by atoms with E-state index in [0.29, 0.717) is 0 Å². The van der Waals surface area contributed by atoms with Crippen molar-refractivity contribution in [3.05, 3.63) is 0 Å². The van der Waals surface area contributed by atoms with Gasteiger partial charge in [-0.3, -0.25) is 0 Å². The zero-order chi connectivity index (χ0) is 23.9. The Morgan fingerprint density at radius 2 is 1.26 bits per heavy atom. The van der Waals surface area contributed by atoms with Gasteiger partial charge in [0.1, 0.15) is 0 Å². The van der Waals surface area contributed by atoms with E-state index in [1.807, 2.05) is 6.92 Å². The molecule has 0 aromatic heterocycles. The molecule has 0 aliphatic heterocycles. The molecule has 0 rings (SSSR count). The zero-order valence-electron chi connectivity index (χ0n) is 22.5. The third kappa shape index (κ3) is 12.8. The lowest BCUT2D eigenvalue weighted by molar-refractivity contribution is -0.0242. The van der Waals surface area contributed by atoms with Crippen molar-refractivity contribution >= 4 is 8.32 Å². The van der Waals surface area contributed by atoms with Crippen LogP contribution in [0.3, 0.4) is 0 Å². The molecule has 0 aliphatic rings. The van der Waals surface area contributed by atoms with Crippen molar-refractivity contribution in [1.82, 2.24) is 0 Å².